The van der Waals surface area contributed by atoms with Crippen LogP contribution in [-0.4, -0.2) is 38.5 Å². The predicted octanol–water partition coefficient (Wildman–Crippen LogP) is 45.4. The van der Waals surface area contributed by atoms with Gasteiger partial charge in [0.25, 0.3) is 0 Å². The van der Waals surface area contributed by atoms with Gasteiger partial charge in [-0.1, -0.05) is 104 Å². The van der Waals surface area contributed by atoms with E-state index in [-0.39, 0.29) is 77.2 Å². The average molecular weight is 6410 g/mol. The van der Waals surface area contributed by atoms with E-state index in [0.717, 1.165) is 16.5 Å². The number of hydrogen-bond acceptors (Lipinski definition) is 6. The summed E-state index contributed by atoms with van der Waals surface area (Å²) in [5.41, 5.74) is 1.83. The second-order valence-electron chi connectivity index (χ2n) is 10.7. The summed E-state index contributed by atoms with van der Waals surface area (Å²) in [7, 11) is -7.12. The van der Waals surface area contributed by atoms with Crippen molar-refractivity contribution >= 4 is 642 Å². The van der Waals surface area contributed by atoms with Crippen molar-refractivity contribution in [3.63, 3.8) is 0 Å². The van der Waals surface area contributed by atoms with Crippen LogP contribution in [0.4, 0.5) is 0 Å². The zero-order chi connectivity index (χ0) is 63.6. The number of ether oxygens (including phenoxy) is 2. The molecule has 520 valence electrons. The Morgan fingerprint density at radius 2 is 0.699 bits per heavy atom. The Morgan fingerprint density at radius 3 is 0.892 bits per heavy atom. The van der Waals surface area contributed by atoms with Crippen LogP contribution in [0.25, 0.3) is 0 Å². The monoisotopic (exact) mass is 6410 g/mol. The number of esters is 2. The Morgan fingerprint density at radius 1 is 0.470 bits per heavy atom. The minimum absolute atomic E-state index is 0. The van der Waals surface area contributed by atoms with Gasteiger partial charge in [-0.25, -0.2) is 0 Å². The molecule has 0 aromatic heterocycles. The number of alkyl halides is 1. The Hall–Kier alpha value is 29.9. The Balaban J connectivity index is -0.000000308. The summed E-state index contributed by atoms with van der Waals surface area (Å²) in [5.74, 6) is -2.05. The first-order chi connectivity index (χ1) is 37.7. The number of allylic oxidation sites excluding steroid dienone is 2. The van der Waals surface area contributed by atoms with Gasteiger partial charge < -0.3 is 9.47 Å². The van der Waals surface area contributed by atoms with E-state index in [1.165, 1.54) is 13.8 Å². The van der Waals surface area contributed by atoms with Crippen LogP contribution in [0.5, 0.6) is 0 Å². The normalized spacial score (nSPS) is 14.3. The summed E-state index contributed by atoms with van der Waals surface area (Å²) in [4.78, 5) is 44.4. The van der Waals surface area contributed by atoms with E-state index >= 15 is 0 Å². The average Bonchev–Trinajstić information content (AvgIpc) is 3.46. The van der Waals surface area contributed by atoms with Crippen LogP contribution >= 0.6 is 610 Å². The predicted molar refractivity (Wildman–Crippen MR) is 778 cm³/mol. The molecule has 0 amide bonds. The van der Waals surface area contributed by atoms with Crippen molar-refractivity contribution in [1.29, 1.82) is 1.34 Å². The number of ketones is 2. The van der Waals surface area contributed by atoms with Crippen LogP contribution in [0.3, 0.4) is 0 Å². The maximum absolute atomic E-state index is 11.7. The van der Waals surface area contributed by atoms with Crippen molar-refractivity contribution in [1.82, 2.24) is 0 Å². The minimum Gasteiger partial charge on any atom is -0.0379 e. The Bertz CT molecular complexity index is 2000. The third-order valence-corrected chi connectivity index (χ3v) is 3310. The van der Waals surface area contributed by atoms with Crippen LogP contribution < -0.4 is 0 Å². The molecule has 83 heavy (non-hydrogen) atoms. The first-order valence-corrected chi connectivity index (χ1v) is 288. The van der Waals surface area contributed by atoms with Crippen LogP contribution in [0, 0.1) is 37.0 Å². The summed E-state index contributed by atoms with van der Waals surface area (Å²) in [5, 5.41) is 0.896. The van der Waals surface area contributed by atoms with E-state index in [1.807, 2.05) is 60.7 Å². The molecule has 53 heteroatoms. The molecule has 2 rings (SSSR count). The summed E-state index contributed by atoms with van der Waals surface area (Å²) >= 11 is 77.6. The molecular weight excluding hydrogens is 6370 g/mol. The van der Waals surface area contributed by atoms with Gasteiger partial charge in [-0.05, 0) is 32.7 Å². The molecule has 6 nitrogen and oxygen atoms in total. The van der Waals surface area contributed by atoms with Crippen LogP contribution in [0.15, 0.2) is 86.0 Å². The van der Waals surface area contributed by atoms with Crippen LogP contribution in [-0.2, 0) is 41.9 Å². The standard InChI is InChI=1S/C14H16O3.C11H12O3.C3H5Br.2CH4.BH.I44.U/c1-3-7-13(11(2)15)14(16)17-10-12-8-5-4-6-9-12;1-9(12)7-11(13)14-8-10-5-3-2-4-6-10;1-2-3-4;;;;1-24(2)26(5)28(7)30(9)32(11)34(13)36(15)38(17)40(19)42(21)44(23)43(22)41(20)39(18)37(16)35(14)33(12)31(10)29(8)27(6)25(3)4;/h3-6,8-9,13H,1,7,10H2,2H3;2-6H,7-8H2,1H3;2H,1,3H2;2*1H4;1H;;/i;;;;;1D;;. The molecule has 0 N–H and O–H groups in total. The number of carbonyl (C=O) groups is 4. The van der Waals surface area contributed by atoms with E-state index in [1.54, 1.807) is 12.2 Å². The molecule has 0 aliphatic rings. The van der Waals surface area contributed by atoms with Gasteiger partial charge in [0, 0.05) is 44.8 Å². The third kappa shape index (κ3) is 58.6. The summed E-state index contributed by atoms with van der Waals surface area (Å²) < 4.78 is 15.2. The zero-order valence-electron chi connectivity index (χ0n) is 39.0. The molecule has 0 aliphatic carbocycles. The van der Waals surface area contributed by atoms with Gasteiger partial charge in [0.15, 0.2) is 0 Å². The van der Waals surface area contributed by atoms with Gasteiger partial charge in [-0.15, -0.1) is 13.2 Å². The molecule has 2 aromatic rings. The SMILES string of the molecule is C.C.C=CCBr.C=CCC(C(C)=O)C(=O)OCc1ccccc1.CC(=O)CC(=O)OCc1ccccc1.II(I)I(I)I(I)I(I)I(I)I(I)I(I)I(I)I(I)I(I)I(I)I(I)I(I)I(I)I(I)I(I)I(I)I(I)I(I)I(I)I(I)I.[2H][B].[U]. The minimum atomic E-state index is -0.726. The molecule has 0 spiro atoms. The van der Waals surface area contributed by atoms with Crippen LogP contribution in [0.1, 0.15) is 52.7 Å². The Kier molecular flexibility index (Phi) is 114. The first-order valence-electron chi connectivity index (χ1n) is 17.6. The fraction of sp³-hybridized carbons (Fsp3) is 0.333. The van der Waals surface area contributed by atoms with E-state index in [9.17, 15) is 19.2 Å². The molecule has 0 saturated carbocycles. The van der Waals surface area contributed by atoms with Crippen molar-refractivity contribution < 1.29 is 59.8 Å². The maximum atomic E-state index is 11.7. The molecule has 1 unspecified atom stereocenters. The topological polar surface area (TPSA) is 86.7 Å². The third-order valence-electron chi connectivity index (χ3n) is 5.78. The molecule has 0 bridgehead atoms. The molecule has 1 atom stereocenters. The molecule has 0 fully saturated rings. The van der Waals surface area contributed by atoms with E-state index in [2.05, 4.69) is 466 Å². The van der Waals surface area contributed by atoms with Gasteiger partial charge in [0.05, 0.1) is 0 Å². The molecule has 2 radical (unpaired) electrons. The molecule has 2 aromatic carbocycles. The first kappa shape index (κ1) is 121. The number of rotatable bonds is 31. The number of Topliss-reactive ketones (excluding diaryl/α,β-unsaturated/α-hetero) is 2. The number of halogens is 45. The van der Waals surface area contributed by atoms with E-state index in [0.29, 0.717) is 6.42 Å². The van der Waals surface area contributed by atoms with Gasteiger partial charge in [0.2, 0.25) is 0 Å². The smallest absolute Gasteiger partial charge is 0.0379 e. The molecule has 0 heterocycles. The summed E-state index contributed by atoms with van der Waals surface area (Å²) in [6, 6.07) is 18.7. The summed E-state index contributed by atoms with van der Waals surface area (Å²) in [6.07, 6.45) is 3.52. The second kappa shape index (κ2) is 77.9. The quantitative estimate of drug-likeness (QED) is 0.0187. The van der Waals surface area contributed by atoms with Crippen molar-refractivity contribution in [3.8, 4) is 0 Å². The molecule has 0 aliphatic heterocycles. The second-order valence-corrected chi connectivity index (χ2v) is 1030. The fourth-order valence-corrected chi connectivity index (χ4v) is 7970. The number of carbonyl (C=O) groups excluding carboxylic acids is 4. The molecule has 0 saturated heterocycles. The van der Waals surface area contributed by atoms with Crippen molar-refractivity contribution in [2.45, 2.75) is 54.8 Å². The zero-order valence-corrected chi connectivity index (χ0v) is 139. The van der Waals surface area contributed by atoms with Crippen molar-refractivity contribution in [3.05, 3.63) is 97.1 Å². The van der Waals surface area contributed by atoms with Gasteiger partial charge >= 0.3 is 606 Å². The number of hydrogen-bond donors (Lipinski definition) is 0. The maximum Gasteiger partial charge on any atom is 0.0379 e. The number of benzene rings is 2. The van der Waals surface area contributed by atoms with E-state index < -0.39 is 184 Å². The largest absolute Gasteiger partial charge is 0.0379 e. The summed E-state index contributed by atoms with van der Waals surface area (Å²) in [6.45, 7) is 10.1. The van der Waals surface area contributed by atoms with Crippen molar-refractivity contribution in [2.75, 3.05) is 5.33 Å². The fourth-order valence-electron chi connectivity index (χ4n) is 3.00. The van der Waals surface area contributed by atoms with Crippen molar-refractivity contribution in [2.24, 2.45) is 5.92 Å². The Labute approximate surface area is 827 Å². The van der Waals surface area contributed by atoms with E-state index in [4.69, 9.17) is 10.8 Å². The van der Waals surface area contributed by atoms with Crippen LogP contribution in [0.2, 0.25) is 0 Å². The van der Waals surface area contributed by atoms with Gasteiger partial charge in [0.1, 0.15) is 37.1 Å². The molecular formula is C30H42BBrI44O6U. The van der Waals surface area contributed by atoms with Gasteiger partial charge in [-0.2, -0.15) is 0 Å². The van der Waals surface area contributed by atoms with Gasteiger partial charge in [-0.3, -0.25) is 19.2 Å².